The van der Waals surface area contributed by atoms with Crippen molar-refractivity contribution in [1.29, 1.82) is 0 Å². The van der Waals surface area contributed by atoms with Gasteiger partial charge in [0, 0.05) is 60.3 Å². The summed E-state index contributed by atoms with van der Waals surface area (Å²) in [7, 11) is 1.47. The number of nitrogens with one attached hydrogen (secondary N) is 1. The molecule has 3 spiro atoms. The van der Waals surface area contributed by atoms with Crippen LogP contribution in [0.15, 0.2) is 48.0 Å². The van der Waals surface area contributed by atoms with Crippen molar-refractivity contribution in [3.63, 3.8) is 0 Å². The van der Waals surface area contributed by atoms with Gasteiger partial charge in [-0.1, -0.05) is 36.8 Å². The first-order valence-electron chi connectivity index (χ1n) is 18.8. The average Bonchev–Trinajstić information content (AvgIpc) is 3.63. The van der Waals surface area contributed by atoms with Crippen LogP contribution < -0.4 is 15.0 Å². The highest BCUT2D eigenvalue weighted by atomic mass is 16.5. The number of rotatable bonds is 2. The summed E-state index contributed by atoms with van der Waals surface area (Å²) in [6, 6.07) is 11.5. The number of allylic oxidation sites excluding steroid dienone is 1. The lowest BCUT2D eigenvalue weighted by Gasteiger charge is -2.67. The van der Waals surface area contributed by atoms with Gasteiger partial charge in [0.15, 0.2) is 11.4 Å². The Morgan fingerprint density at radius 1 is 1.14 bits per heavy atom. The number of hydrogen-bond acceptors (Lipinski definition) is 8. The molecule has 0 amide bonds. The first kappa shape index (κ1) is 29.3. The summed E-state index contributed by atoms with van der Waals surface area (Å²) >= 11 is 0. The molecule has 9 heteroatoms. The Morgan fingerprint density at radius 2 is 2.00 bits per heavy atom. The summed E-state index contributed by atoms with van der Waals surface area (Å²) in [6.07, 6.45) is 9.88. The molecule has 2 N–H and O–H groups in total. The second kappa shape index (κ2) is 8.90. The molecule has 9 aliphatic heterocycles. The number of ketones is 1. The molecule has 9 aliphatic rings. The topological polar surface area (TPSA) is 91.3 Å². The molecule has 0 unspecified atom stereocenters. The summed E-state index contributed by atoms with van der Waals surface area (Å²) in [6.45, 7) is 9.10. The maximum Gasteiger partial charge on any atom is 0.329 e. The van der Waals surface area contributed by atoms with E-state index in [-0.39, 0.29) is 23.7 Å². The molecule has 0 radical (unpaired) electrons. The van der Waals surface area contributed by atoms with E-state index < -0.39 is 28.4 Å². The summed E-state index contributed by atoms with van der Waals surface area (Å²) in [4.78, 5) is 34.3. The number of carbonyl (C=O) groups is 2. The zero-order valence-corrected chi connectivity index (χ0v) is 28.9. The van der Waals surface area contributed by atoms with Crippen LogP contribution in [-0.4, -0.2) is 89.5 Å². The highest BCUT2D eigenvalue weighted by molar-refractivity contribution is 6.12. The lowest BCUT2D eigenvalue weighted by Crippen LogP contribution is -2.84. The Labute approximate surface area is 287 Å². The van der Waals surface area contributed by atoms with Crippen LogP contribution in [0.1, 0.15) is 86.7 Å². The number of ether oxygens (including phenoxy) is 2. The Balaban J connectivity index is 1.12. The van der Waals surface area contributed by atoms with Crippen molar-refractivity contribution < 1.29 is 28.7 Å². The molecule has 2 aromatic rings. The maximum atomic E-state index is 15.7. The molecule has 0 saturated carbocycles. The van der Waals surface area contributed by atoms with Crippen LogP contribution in [0.5, 0.6) is 5.75 Å². The molecule has 256 valence electrons. The van der Waals surface area contributed by atoms with E-state index in [0.29, 0.717) is 29.6 Å². The van der Waals surface area contributed by atoms with E-state index in [1.807, 2.05) is 24.3 Å². The van der Waals surface area contributed by atoms with E-state index >= 15 is 4.79 Å². The zero-order valence-electron chi connectivity index (χ0n) is 28.9. The number of para-hydroxylation sites is 1. The molecule has 11 rings (SSSR count). The summed E-state index contributed by atoms with van der Waals surface area (Å²) in [5, 5.41) is 17.0. The molecule has 0 aromatic heterocycles. The fraction of sp³-hybridized carbons (Fsp3) is 0.600. The third kappa shape index (κ3) is 2.88. The fourth-order valence-corrected chi connectivity index (χ4v) is 13.9. The van der Waals surface area contributed by atoms with Crippen molar-refractivity contribution in [3.05, 3.63) is 64.7 Å². The van der Waals surface area contributed by atoms with E-state index in [4.69, 9.17) is 9.47 Å². The minimum Gasteiger partial charge on any atom is -0.467 e. The van der Waals surface area contributed by atoms with Gasteiger partial charge in [0.2, 0.25) is 11.4 Å². The average molecular weight is 664 g/mol. The van der Waals surface area contributed by atoms with E-state index in [1.165, 1.54) is 31.9 Å². The summed E-state index contributed by atoms with van der Waals surface area (Å²) in [5.74, 6) is 0.300. The zero-order chi connectivity index (χ0) is 33.3. The molecule has 6 fully saturated rings. The Morgan fingerprint density at radius 3 is 2.82 bits per heavy atom. The monoisotopic (exact) mass is 663 g/mol. The van der Waals surface area contributed by atoms with Gasteiger partial charge in [-0.15, -0.1) is 0 Å². The number of quaternary nitrogens is 1. The molecule has 0 aliphatic carbocycles. The van der Waals surface area contributed by atoms with E-state index in [0.717, 1.165) is 79.0 Å². The molecule has 4 bridgehead atoms. The van der Waals surface area contributed by atoms with Gasteiger partial charge in [-0.05, 0) is 63.1 Å². The summed E-state index contributed by atoms with van der Waals surface area (Å²) < 4.78 is 14.0. The van der Waals surface area contributed by atoms with Crippen molar-refractivity contribution in [1.82, 2.24) is 4.90 Å². The number of Topliss-reactive ketones (excluding diaryl/α,β-unsaturated/α-hetero) is 1. The number of hydrogen-bond donors (Lipinski definition) is 2. The van der Waals surface area contributed by atoms with Gasteiger partial charge in [-0.25, -0.2) is 4.79 Å². The molecule has 2 aromatic carbocycles. The molecule has 49 heavy (non-hydrogen) atoms. The van der Waals surface area contributed by atoms with Crippen LogP contribution in [0.2, 0.25) is 0 Å². The van der Waals surface area contributed by atoms with Crippen molar-refractivity contribution in [2.45, 2.75) is 99.7 Å². The summed E-state index contributed by atoms with van der Waals surface area (Å²) in [5.41, 5.74) is 2.15. The van der Waals surface area contributed by atoms with Gasteiger partial charge in [0.05, 0.1) is 38.3 Å². The van der Waals surface area contributed by atoms with Gasteiger partial charge in [-0.2, -0.15) is 0 Å². The van der Waals surface area contributed by atoms with E-state index in [9.17, 15) is 9.90 Å². The van der Waals surface area contributed by atoms with Crippen LogP contribution in [0.3, 0.4) is 0 Å². The minimum absolute atomic E-state index is 0.0354. The van der Waals surface area contributed by atoms with Crippen molar-refractivity contribution in [3.8, 4) is 5.75 Å². The quantitative estimate of drug-likeness (QED) is 0.269. The number of fused-ring (bicyclic) bond motifs is 7. The van der Waals surface area contributed by atoms with Gasteiger partial charge in [0.1, 0.15) is 17.2 Å². The first-order valence-corrected chi connectivity index (χ1v) is 18.8. The minimum atomic E-state index is -1.10. The van der Waals surface area contributed by atoms with Crippen LogP contribution in [-0.2, 0) is 20.5 Å². The molecular formula is C40H47N4O5+. The normalized spacial score (nSPS) is 45.3. The van der Waals surface area contributed by atoms with Crippen LogP contribution in [0.25, 0.3) is 0 Å². The van der Waals surface area contributed by atoms with Crippen molar-refractivity contribution in [2.24, 2.45) is 11.3 Å². The second-order valence-corrected chi connectivity index (χ2v) is 17.0. The van der Waals surface area contributed by atoms with Gasteiger partial charge in [-0.3, -0.25) is 14.2 Å². The number of benzene rings is 2. The van der Waals surface area contributed by atoms with Gasteiger partial charge in [0.25, 0.3) is 0 Å². The fourth-order valence-electron chi connectivity index (χ4n) is 13.9. The number of carbonyl (C=O) groups excluding carboxylic acids is 2. The second-order valence-electron chi connectivity index (χ2n) is 17.0. The largest absolute Gasteiger partial charge is 0.467 e. The highest BCUT2D eigenvalue weighted by Crippen LogP contribution is 2.69. The van der Waals surface area contributed by atoms with E-state index in [1.54, 1.807) is 0 Å². The number of nitrogens with zero attached hydrogens (tertiary/aromatic N) is 3. The van der Waals surface area contributed by atoms with Gasteiger partial charge >= 0.3 is 5.97 Å². The first-order chi connectivity index (χ1) is 23.7. The standard InChI is InChI=1S/C40H46N4O5/c1-4-24-22-42-16-14-37-27-9-6-7-10-30(27)43-33(35(46)48-3)25(24)20-32(42)40(37,43)49-31-21-29-28(19-26(31)34(37)45)38(47)15-18-44-17-8-11-36(5-2,23-44)12-13-39(38,44)41-29/h4,6-7,9-10,19,21,25,32-33,47H,5,8,11-18,20,22-23H2,1-3H3/p+1/b24-4-/t25-,32-,33-,36+,37+,38+,39-,40-,44-/m0/s1. The Hall–Kier alpha value is -3.40. The van der Waals surface area contributed by atoms with E-state index in [2.05, 4.69) is 47.2 Å². The predicted molar refractivity (Wildman–Crippen MR) is 183 cm³/mol. The number of piperidine rings is 5. The van der Waals surface area contributed by atoms with Gasteiger partial charge < -0.3 is 24.8 Å². The lowest BCUT2D eigenvalue weighted by atomic mass is 9.56. The van der Waals surface area contributed by atoms with Crippen molar-refractivity contribution in [2.75, 3.05) is 50.1 Å². The number of anilines is 2. The molecular weight excluding hydrogens is 616 g/mol. The lowest BCUT2D eigenvalue weighted by molar-refractivity contribution is -0.981. The van der Waals surface area contributed by atoms with Crippen LogP contribution in [0.4, 0.5) is 11.4 Å². The number of methoxy groups -OCH3 is 1. The third-order valence-electron chi connectivity index (χ3n) is 16.0. The predicted octanol–water partition coefficient (Wildman–Crippen LogP) is 4.83. The molecule has 6 saturated heterocycles. The maximum absolute atomic E-state index is 15.7. The van der Waals surface area contributed by atoms with Crippen molar-refractivity contribution >= 4 is 23.1 Å². The smallest absolute Gasteiger partial charge is 0.329 e. The third-order valence-corrected chi connectivity index (χ3v) is 16.0. The molecule has 9 atom stereocenters. The molecule has 9 nitrogen and oxygen atoms in total. The number of aliphatic hydroxyl groups is 1. The molecule has 9 heterocycles. The SMILES string of the molecule is C/C=C1/CN2CC[C@@]34C(=O)c5cc6c(cc5O[C@@]35[C@@H]2C[C@@H]1[C@@H](C(=O)OC)N5c1ccccc14)N[C@@]12CC[C@@]3(CC)CCC[N@+]1(CC[C@@]62O)C3. The van der Waals surface area contributed by atoms with Crippen LogP contribution in [0, 0.1) is 11.3 Å². The highest BCUT2D eigenvalue weighted by Gasteiger charge is 2.81. The Kier molecular flexibility index (Phi) is 5.33. The Bertz CT molecular complexity index is 1930. The van der Waals surface area contributed by atoms with Crippen LogP contribution >= 0.6 is 0 Å². The number of esters is 1.